The normalized spacial score (nSPS) is 19.6. The lowest BCUT2D eigenvalue weighted by Crippen LogP contribution is -2.30. The second-order valence-corrected chi connectivity index (χ2v) is 7.42. The first kappa shape index (κ1) is 18.3. The Morgan fingerprint density at radius 2 is 2.08 bits per heavy atom. The topological polar surface area (TPSA) is 80.8 Å². The van der Waals surface area contributed by atoms with Gasteiger partial charge in [-0.1, -0.05) is 30.0 Å². The number of carbonyl (C=O) groups is 1. The molecule has 0 fully saturated rings. The average molecular weight is 370 g/mol. The van der Waals surface area contributed by atoms with Gasteiger partial charge in [0, 0.05) is 24.4 Å². The molecule has 2 N–H and O–H groups in total. The summed E-state index contributed by atoms with van der Waals surface area (Å²) in [6.45, 7) is 2.05. The highest BCUT2D eigenvalue weighted by Gasteiger charge is 2.30. The van der Waals surface area contributed by atoms with Crippen LogP contribution in [-0.2, 0) is 5.54 Å². The molecule has 136 valence electrons. The monoisotopic (exact) mass is 370 g/mol. The van der Waals surface area contributed by atoms with Crippen molar-refractivity contribution in [3.63, 3.8) is 0 Å². The van der Waals surface area contributed by atoms with E-state index in [0.717, 1.165) is 17.7 Å². The fraction of sp³-hybridized carbons (Fsp3) is 0.316. The number of thioether (sulfide) groups is 1. The largest absolute Gasteiger partial charge is 0.481 e. The van der Waals surface area contributed by atoms with Gasteiger partial charge in [0.15, 0.2) is 5.17 Å². The van der Waals surface area contributed by atoms with Crippen molar-refractivity contribution in [2.24, 2.45) is 10.7 Å². The third-order valence-corrected chi connectivity index (χ3v) is 5.29. The number of amidine groups is 1. The number of hydrogen-bond acceptors (Lipinski definition) is 6. The maximum Gasteiger partial charge on any atom is 0.259 e. The first-order chi connectivity index (χ1) is 12.4. The standard InChI is InChI=1S/C19H22N4O2S/c1-19(10-11-26-18(20)22-19)14-7-4-6-13(12-14)17(24)23(2)15-8-5-9-16(21-15)25-3/h4-9,12H,10-11H2,1-3H3,(H2,20,22). The fourth-order valence-electron chi connectivity index (χ4n) is 2.88. The Kier molecular flexibility index (Phi) is 5.18. The van der Waals surface area contributed by atoms with Crippen molar-refractivity contribution in [3.8, 4) is 5.88 Å². The van der Waals surface area contributed by atoms with Gasteiger partial charge >= 0.3 is 0 Å². The lowest BCUT2D eigenvalue weighted by atomic mass is 9.88. The van der Waals surface area contributed by atoms with E-state index in [0.29, 0.717) is 22.4 Å². The molecule has 1 aliphatic heterocycles. The van der Waals surface area contributed by atoms with Gasteiger partial charge in [0.05, 0.1) is 12.6 Å². The SMILES string of the molecule is COc1cccc(N(C)C(=O)c2cccc(C3(C)CCSC(N)=N3)c2)n1. The van der Waals surface area contributed by atoms with Gasteiger partial charge in [-0.3, -0.25) is 14.7 Å². The molecule has 3 rings (SSSR count). The van der Waals surface area contributed by atoms with E-state index in [2.05, 4.69) is 16.9 Å². The highest BCUT2D eigenvalue weighted by Crippen LogP contribution is 2.35. The number of nitrogens with zero attached hydrogens (tertiary/aromatic N) is 3. The fourth-order valence-corrected chi connectivity index (χ4v) is 3.86. The van der Waals surface area contributed by atoms with Crippen LogP contribution in [0.4, 0.5) is 5.82 Å². The molecule has 1 aliphatic rings. The van der Waals surface area contributed by atoms with Crippen molar-refractivity contribution in [2.75, 3.05) is 24.8 Å². The third-order valence-electron chi connectivity index (χ3n) is 4.49. The van der Waals surface area contributed by atoms with Crippen molar-refractivity contribution in [1.29, 1.82) is 0 Å². The molecule has 1 atom stereocenters. The Balaban J connectivity index is 1.90. The molecule has 0 spiro atoms. The van der Waals surface area contributed by atoms with Crippen LogP contribution in [0.25, 0.3) is 0 Å². The number of anilines is 1. The van der Waals surface area contributed by atoms with Crippen LogP contribution in [0.15, 0.2) is 47.5 Å². The van der Waals surface area contributed by atoms with Crippen LogP contribution in [0.1, 0.15) is 29.3 Å². The van der Waals surface area contributed by atoms with Gasteiger partial charge in [-0.2, -0.15) is 4.98 Å². The lowest BCUT2D eigenvalue weighted by molar-refractivity contribution is 0.0992. The van der Waals surface area contributed by atoms with E-state index >= 15 is 0 Å². The Morgan fingerprint density at radius 1 is 1.31 bits per heavy atom. The summed E-state index contributed by atoms with van der Waals surface area (Å²) in [5, 5.41) is 0.591. The number of amides is 1. The number of benzene rings is 1. The third kappa shape index (κ3) is 3.67. The maximum absolute atomic E-state index is 12.9. The van der Waals surface area contributed by atoms with E-state index < -0.39 is 5.54 Å². The molecule has 2 aromatic rings. The van der Waals surface area contributed by atoms with Crippen molar-refractivity contribution >= 4 is 28.7 Å². The van der Waals surface area contributed by atoms with Gasteiger partial charge in [-0.25, -0.2) is 0 Å². The first-order valence-corrected chi connectivity index (χ1v) is 9.29. The molecule has 1 aromatic heterocycles. The van der Waals surface area contributed by atoms with Crippen LogP contribution in [-0.4, -0.2) is 36.0 Å². The molecular weight excluding hydrogens is 348 g/mol. The van der Waals surface area contributed by atoms with Gasteiger partial charge in [0.2, 0.25) is 5.88 Å². The number of rotatable bonds is 4. The smallest absolute Gasteiger partial charge is 0.259 e. The summed E-state index contributed by atoms with van der Waals surface area (Å²) in [7, 11) is 3.25. The molecule has 26 heavy (non-hydrogen) atoms. The number of nitrogens with two attached hydrogens (primary N) is 1. The van der Waals surface area contributed by atoms with Crippen LogP contribution in [0.5, 0.6) is 5.88 Å². The molecule has 0 radical (unpaired) electrons. The molecule has 0 bridgehead atoms. The number of pyridine rings is 1. The Labute approximate surface area is 157 Å². The van der Waals surface area contributed by atoms with E-state index in [4.69, 9.17) is 10.5 Å². The highest BCUT2D eigenvalue weighted by molar-refractivity contribution is 8.13. The van der Waals surface area contributed by atoms with Crippen molar-refractivity contribution in [1.82, 2.24) is 4.98 Å². The summed E-state index contributed by atoms with van der Waals surface area (Å²) >= 11 is 1.56. The zero-order valence-electron chi connectivity index (χ0n) is 15.1. The first-order valence-electron chi connectivity index (χ1n) is 8.31. The van der Waals surface area contributed by atoms with Crippen molar-refractivity contribution in [3.05, 3.63) is 53.6 Å². The second-order valence-electron chi connectivity index (χ2n) is 6.31. The summed E-state index contributed by atoms with van der Waals surface area (Å²) in [6, 6.07) is 12.9. The summed E-state index contributed by atoms with van der Waals surface area (Å²) in [4.78, 5) is 23.4. The molecule has 1 aromatic carbocycles. The van der Waals surface area contributed by atoms with Crippen LogP contribution in [0.3, 0.4) is 0 Å². The van der Waals surface area contributed by atoms with Gasteiger partial charge in [-0.05, 0) is 37.1 Å². The number of aliphatic imine (C=N–C) groups is 1. The lowest BCUT2D eigenvalue weighted by Gasteiger charge is -2.30. The molecule has 6 nitrogen and oxygen atoms in total. The molecule has 2 heterocycles. The maximum atomic E-state index is 12.9. The summed E-state index contributed by atoms with van der Waals surface area (Å²) in [6.07, 6.45) is 0.878. The van der Waals surface area contributed by atoms with Gasteiger partial charge in [0.25, 0.3) is 5.91 Å². The summed E-state index contributed by atoms with van der Waals surface area (Å²) < 4.78 is 5.13. The minimum absolute atomic E-state index is 0.140. The summed E-state index contributed by atoms with van der Waals surface area (Å²) in [5.41, 5.74) is 7.08. The molecule has 0 aliphatic carbocycles. The van der Waals surface area contributed by atoms with E-state index in [9.17, 15) is 4.79 Å². The number of hydrogen-bond donors (Lipinski definition) is 1. The van der Waals surface area contributed by atoms with Gasteiger partial charge in [0.1, 0.15) is 5.82 Å². The van der Waals surface area contributed by atoms with E-state index in [1.807, 2.05) is 18.2 Å². The predicted octanol–water partition coefficient (Wildman–Crippen LogP) is 3.03. The number of methoxy groups -OCH3 is 1. The van der Waals surface area contributed by atoms with Crippen LogP contribution >= 0.6 is 11.8 Å². The average Bonchev–Trinajstić information content (AvgIpc) is 2.67. The van der Waals surface area contributed by atoms with Gasteiger partial charge in [-0.15, -0.1) is 0 Å². The molecule has 0 saturated heterocycles. The predicted molar refractivity (Wildman–Crippen MR) is 106 cm³/mol. The quantitative estimate of drug-likeness (QED) is 0.895. The van der Waals surface area contributed by atoms with Crippen LogP contribution in [0, 0.1) is 0 Å². The Hall–Kier alpha value is -2.54. The molecular formula is C19H22N4O2S. The minimum Gasteiger partial charge on any atom is -0.481 e. The Bertz CT molecular complexity index is 855. The molecule has 7 heteroatoms. The second kappa shape index (κ2) is 7.37. The van der Waals surface area contributed by atoms with E-state index in [1.165, 1.54) is 4.90 Å². The minimum atomic E-state index is -0.404. The molecule has 1 amide bonds. The zero-order valence-corrected chi connectivity index (χ0v) is 15.9. The van der Waals surface area contributed by atoms with Crippen molar-refractivity contribution in [2.45, 2.75) is 18.9 Å². The van der Waals surface area contributed by atoms with Crippen molar-refractivity contribution < 1.29 is 9.53 Å². The summed E-state index contributed by atoms with van der Waals surface area (Å²) in [5.74, 6) is 1.77. The Morgan fingerprint density at radius 3 is 2.81 bits per heavy atom. The van der Waals surface area contributed by atoms with Crippen LogP contribution in [0.2, 0.25) is 0 Å². The molecule has 1 unspecified atom stereocenters. The number of ether oxygens (including phenoxy) is 1. The molecule has 0 saturated carbocycles. The van der Waals surface area contributed by atoms with E-state index in [1.54, 1.807) is 50.2 Å². The van der Waals surface area contributed by atoms with Gasteiger partial charge < -0.3 is 10.5 Å². The van der Waals surface area contributed by atoms with E-state index in [-0.39, 0.29) is 5.91 Å². The van der Waals surface area contributed by atoms with Crippen LogP contribution < -0.4 is 15.4 Å². The number of carbonyl (C=O) groups excluding carboxylic acids is 1. The highest BCUT2D eigenvalue weighted by atomic mass is 32.2. The number of aromatic nitrogens is 1. The zero-order chi connectivity index (χ0) is 18.7.